The van der Waals surface area contributed by atoms with Gasteiger partial charge in [0.2, 0.25) is 5.91 Å². The lowest BCUT2D eigenvalue weighted by Crippen LogP contribution is -2.43. The summed E-state index contributed by atoms with van der Waals surface area (Å²) in [6.45, 7) is 1.36. The molecule has 0 bridgehead atoms. The number of nitrogens with two attached hydrogens (primary N) is 2. The third-order valence-electron chi connectivity index (χ3n) is 4.71. The van der Waals surface area contributed by atoms with E-state index in [9.17, 15) is 14.0 Å². The molecule has 2 aromatic rings. The van der Waals surface area contributed by atoms with Gasteiger partial charge in [0.15, 0.2) is 11.6 Å². The third-order valence-corrected chi connectivity index (χ3v) is 4.71. The molecular weight excluding hydrogens is 377 g/mol. The SMILES string of the molecule is CC(=O)Nc1cc(Nc2nc(N[C@@H]3CCCC[C@@H]3N)c(F)cc2C(N)=O)ccn1. The molecule has 7 N–H and O–H groups in total. The van der Waals surface area contributed by atoms with E-state index < -0.39 is 11.7 Å². The molecule has 2 heterocycles. The van der Waals surface area contributed by atoms with E-state index >= 15 is 0 Å². The van der Waals surface area contributed by atoms with Gasteiger partial charge in [-0.3, -0.25) is 9.59 Å². The van der Waals surface area contributed by atoms with Crippen LogP contribution in [0.1, 0.15) is 43.0 Å². The smallest absolute Gasteiger partial charge is 0.252 e. The number of nitrogens with one attached hydrogen (secondary N) is 3. The lowest BCUT2D eigenvalue weighted by Gasteiger charge is -2.30. The second-order valence-electron chi connectivity index (χ2n) is 7.01. The number of carbonyl (C=O) groups is 2. The molecule has 0 radical (unpaired) electrons. The minimum absolute atomic E-state index is 0.00371. The number of anilines is 4. The normalized spacial score (nSPS) is 18.7. The largest absolute Gasteiger partial charge is 0.365 e. The fraction of sp³-hybridized carbons (Fsp3) is 0.368. The standard InChI is InChI=1S/C19H24FN7O2/c1-10(28)24-16-8-11(6-7-23-16)25-18-12(17(22)29)9-13(20)19(27-18)26-15-5-3-2-4-14(15)21/h6-9,14-15H,2-5,21H2,1H3,(H2,22,29)(H3,23,24,25,26,27,28)/t14-,15+/m0/s1. The summed E-state index contributed by atoms with van der Waals surface area (Å²) in [4.78, 5) is 31.3. The highest BCUT2D eigenvalue weighted by atomic mass is 19.1. The molecule has 1 fully saturated rings. The second kappa shape index (κ2) is 8.82. The topological polar surface area (TPSA) is 148 Å². The van der Waals surface area contributed by atoms with E-state index in [1.165, 1.54) is 13.1 Å². The number of primary amides is 1. The molecule has 0 unspecified atom stereocenters. The number of hydrogen-bond acceptors (Lipinski definition) is 7. The number of pyridine rings is 2. The first kappa shape index (κ1) is 20.5. The van der Waals surface area contributed by atoms with Crippen LogP contribution in [-0.4, -0.2) is 33.9 Å². The average molecular weight is 401 g/mol. The summed E-state index contributed by atoms with van der Waals surface area (Å²) >= 11 is 0. The van der Waals surface area contributed by atoms with E-state index in [-0.39, 0.29) is 35.2 Å². The molecule has 10 heteroatoms. The van der Waals surface area contributed by atoms with Gasteiger partial charge in [-0.15, -0.1) is 0 Å². The molecular formula is C19H24FN7O2. The summed E-state index contributed by atoms with van der Waals surface area (Å²) in [6, 6.07) is 4.01. The first-order valence-corrected chi connectivity index (χ1v) is 9.36. The predicted octanol–water partition coefficient (Wildman–Crippen LogP) is 2.10. The molecule has 1 aliphatic carbocycles. The Balaban J connectivity index is 1.90. The number of nitrogens with zero attached hydrogens (tertiary/aromatic N) is 2. The van der Waals surface area contributed by atoms with Crippen molar-refractivity contribution in [1.29, 1.82) is 0 Å². The average Bonchev–Trinajstić information content (AvgIpc) is 2.65. The van der Waals surface area contributed by atoms with Gasteiger partial charge in [-0.05, 0) is 25.0 Å². The minimum atomic E-state index is -0.823. The van der Waals surface area contributed by atoms with Crippen LogP contribution in [-0.2, 0) is 4.79 Å². The Hall–Kier alpha value is -3.27. The van der Waals surface area contributed by atoms with Gasteiger partial charge in [0.25, 0.3) is 5.91 Å². The van der Waals surface area contributed by atoms with Gasteiger partial charge in [-0.1, -0.05) is 12.8 Å². The quantitative estimate of drug-likeness (QED) is 0.498. The molecule has 2 amide bonds. The molecule has 0 aromatic carbocycles. The molecule has 1 aliphatic rings. The molecule has 2 aromatic heterocycles. The highest BCUT2D eigenvalue weighted by molar-refractivity contribution is 5.98. The Morgan fingerprint density at radius 2 is 1.97 bits per heavy atom. The maximum atomic E-state index is 14.6. The van der Waals surface area contributed by atoms with Crippen LogP contribution < -0.4 is 27.4 Å². The van der Waals surface area contributed by atoms with Crippen molar-refractivity contribution >= 4 is 35.0 Å². The fourth-order valence-corrected chi connectivity index (χ4v) is 3.28. The van der Waals surface area contributed by atoms with Crippen LogP contribution in [0.2, 0.25) is 0 Å². The molecule has 1 saturated carbocycles. The van der Waals surface area contributed by atoms with E-state index in [0.29, 0.717) is 11.5 Å². The first-order valence-electron chi connectivity index (χ1n) is 9.36. The molecule has 9 nitrogen and oxygen atoms in total. The highest BCUT2D eigenvalue weighted by Gasteiger charge is 2.24. The molecule has 29 heavy (non-hydrogen) atoms. The third kappa shape index (κ3) is 5.17. The van der Waals surface area contributed by atoms with E-state index in [2.05, 4.69) is 25.9 Å². The molecule has 0 spiro atoms. The molecule has 3 rings (SSSR count). The Kier molecular flexibility index (Phi) is 6.23. The molecule has 0 aliphatic heterocycles. The van der Waals surface area contributed by atoms with Crippen molar-refractivity contribution in [2.45, 2.75) is 44.7 Å². The van der Waals surface area contributed by atoms with Crippen molar-refractivity contribution in [2.24, 2.45) is 11.5 Å². The molecule has 2 atom stereocenters. The van der Waals surface area contributed by atoms with Gasteiger partial charge >= 0.3 is 0 Å². The highest BCUT2D eigenvalue weighted by Crippen LogP contribution is 2.27. The summed E-state index contributed by atoms with van der Waals surface area (Å²) in [5.41, 5.74) is 11.9. The summed E-state index contributed by atoms with van der Waals surface area (Å²) in [5, 5.41) is 8.56. The zero-order chi connectivity index (χ0) is 21.0. The lowest BCUT2D eigenvalue weighted by molar-refractivity contribution is -0.114. The maximum Gasteiger partial charge on any atom is 0.252 e. The van der Waals surface area contributed by atoms with Crippen molar-refractivity contribution in [1.82, 2.24) is 9.97 Å². The zero-order valence-electron chi connectivity index (χ0n) is 16.0. The van der Waals surface area contributed by atoms with E-state index in [4.69, 9.17) is 11.5 Å². The molecule has 0 saturated heterocycles. The summed E-state index contributed by atoms with van der Waals surface area (Å²) in [5.74, 6) is -1.38. The van der Waals surface area contributed by atoms with Crippen LogP contribution in [0.5, 0.6) is 0 Å². The zero-order valence-corrected chi connectivity index (χ0v) is 16.0. The van der Waals surface area contributed by atoms with Gasteiger partial charge in [0.05, 0.1) is 5.56 Å². The monoisotopic (exact) mass is 401 g/mol. The number of carbonyl (C=O) groups excluding carboxylic acids is 2. The van der Waals surface area contributed by atoms with Crippen molar-refractivity contribution in [3.63, 3.8) is 0 Å². The first-order chi connectivity index (χ1) is 13.8. The predicted molar refractivity (Wildman–Crippen MR) is 108 cm³/mol. The summed E-state index contributed by atoms with van der Waals surface area (Å²) < 4.78 is 14.6. The van der Waals surface area contributed by atoms with Crippen molar-refractivity contribution in [3.05, 3.63) is 35.8 Å². The number of amides is 2. The van der Waals surface area contributed by atoms with E-state index in [1.54, 1.807) is 12.1 Å². The Morgan fingerprint density at radius 1 is 1.21 bits per heavy atom. The Morgan fingerprint density at radius 3 is 2.66 bits per heavy atom. The van der Waals surface area contributed by atoms with Crippen molar-refractivity contribution in [2.75, 3.05) is 16.0 Å². The number of aromatic nitrogens is 2. The Bertz CT molecular complexity index is 921. The second-order valence-corrected chi connectivity index (χ2v) is 7.01. The number of halogens is 1. The summed E-state index contributed by atoms with van der Waals surface area (Å²) in [7, 11) is 0. The van der Waals surface area contributed by atoms with E-state index in [1.807, 2.05) is 0 Å². The van der Waals surface area contributed by atoms with Crippen LogP contribution in [0.3, 0.4) is 0 Å². The van der Waals surface area contributed by atoms with Crippen LogP contribution in [0.15, 0.2) is 24.4 Å². The van der Waals surface area contributed by atoms with Crippen LogP contribution in [0, 0.1) is 5.82 Å². The fourth-order valence-electron chi connectivity index (χ4n) is 3.28. The lowest BCUT2D eigenvalue weighted by atomic mass is 9.91. The van der Waals surface area contributed by atoms with Gasteiger partial charge in [-0.2, -0.15) is 0 Å². The van der Waals surface area contributed by atoms with Crippen molar-refractivity contribution in [3.8, 4) is 0 Å². The van der Waals surface area contributed by atoms with Crippen LogP contribution >= 0.6 is 0 Å². The van der Waals surface area contributed by atoms with E-state index in [0.717, 1.165) is 31.7 Å². The van der Waals surface area contributed by atoms with Gasteiger partial charge < -0.3 is 27.4 Å². The van der Waals surface area contributed by atoms with Gasteiger partial charge in [0, 0.05) is 37.0 Å². The number of rotatable bonds is 6. The van der Waals surface area contributed by atoms with Crippen LogP contribution in [0.4, 0.5) is 27.5 Å². The summed E-state index contributed by atoms with van der Waals surface area (Å²) in [6.07, 6.45) is 5.18. The molecule has 154 valence electrons. The van der Waals surface area contributed by atoms with Crippen LogP contribution in [0.25, 0.3) is 0 Å². The number of hydrogen-bond donors (Lipinski definition) is 5. The van der Waals surface area contributed by atoms with Gasteiger partial charge in [0.1, 0.15) is 11.6 Å². The Labute approximate surface area is 167 Å². The van der Waals surface area contributed by atoms with Crippen molar-refractivity contribution < 1.29 is 14.0 Å². The minimum Gasteiger partial charge on any atom is -0.365 e. The van der Waals surface area contributed by atoms with Gasteiger partial charge in [-0.25, -0.2) is 14.4 Å². The maximum absolute atomic E-state index is 14.6.